The van der Waals surface area contributed by atoms with E-state index >= 15 is 0 Å². The molecule has 5 heteroatoms. The third-order valence-electron chi connectivity index (χ3n) is 3.51. The average Bonchev–Trinajstić information content (AvgIpc) is 2.41. The summed E-state index contributed by atoms with van der Waals surface area (Å²) in [6.45, 7) is 0. The van der Waals surface area contributed by atoms with Gasteiger partial charge in [0.2, 0.25) is 0 Å². The summed E-state index contributed by atoms with van der Waals surface area (Å²) >= 11 is 0. The zero-order valence-electron chi connectivity index (χ0n) is 11.1. The topological polar surface area (TPSA) is 87.6 Å². The highest BCUT2D eigenvalue weighted by Crippen LogP contribution is 2.31. The zero-order chi connectivity index (χ0) is 13.8. The van der Waals surface area contributed by atoms with Crippen LogP contribution in [-0.2, 0) is 4.74 Å². The van der Waals surface area contributed by atoms with Gasteiger partial charge in [-0.1, -0.05) is 6.07 Å². The van der Waals surface area contributed by atoms with Crippen LogP contribution in [0.1, 0.15) is 36.0 Å². The SMILES string of the molecule is COC1CCCC(Oc2c(N)cccc2C(N)=O)C1. The molecule has 2 rings (SSSR count). The first kappa shape index (κ1) is 13.7. The fraction of sp³-hybridized carbons (Fsp3) is 0.500. The third-order valence-corrected chi connectivity index (χ3v) is 3.51. The Kier molecular flexibility index (Phi) is 4.27. The molecule has 0 spiro atoms. The number of nitrogens with two attached hydrogens (primary N) is 2. The Hall–Kier alpha value is -1.75. The number of rotatable bonds is 4. The van der Waals surface area contributed by atoms with Crippen LogP contribution in [0.15, 0.2) is 18.2 Å². The van der Waals surface area contributed by atoms with Gasteiger partial charge in [0.15, 0.2) is 5.75 Å². The Morgan fingerprint density at radius 2 is 2.05 bits per heavy atom. The number of nitrogen functional groups attached to an aromatic ring is 1. The van der Waals surface area contributed by atoms with Crippen molar-refractivity contribution < 1.29 is 14.3 Å². The van der Waals surface area contributed by atoms with E-state index in [-0.39, 0.29) is 12.2 Å². The number of amides is 1. The molecular weight excluding hydrogens is 244 g/mol. The number of hydrogen-bond donors (Lipinski definition) is 2. The summed E-state index contributed by atoms with van der Waals surface area (Å²) in [5.41, 5.74) is 12.0. The van der Waals surface area contributed by atoms with Crippen LogP contribution in [0.3, 0.4) is 0 Å². The Morgan fingerprint density at radius 1 is 1.32 bits per heavy atom. The second-order valence-corrected chi connectivity index (χ2v) is 4.85. The molecule has 19 heavy (non-hydrogen) atoms. The molecule has 0 radical (unpaired) electrons. The van der Waals surface area contributed by atoms with E-state index in [0.29, 0.717) is 17.0 Å². The van der Waals surface area contributed by atoms with Gasteiger partial charge in [-0.2, -0.15) is 0 Å². The zero-order valence-corrected chi connectivity index (χ0v) is 11.1. The highest BCUT2D eigenvalue weighted by atomic mass is 16.5. The van der Waals surface area contributed by atoms with E-state index in [2.05, 4.69) is 0 Å². The number of hydrogen-bond acceptors (Lipinski definition) is 4. The van der Waals surface area contributed by atoms with Gasteiger partial charge in [0, 0.05) is 13.5 Å². The van der Waals surface area contributed by atoms with Gasteiger partial charge in [-0.3, -0.25) is 4.79 Å². The number of anilines is 1. The molecule has 1 saturated carbocycles. The molecule has 1 amide bonds. The van der Waals surface area contributed by atoms with Gasteiger partial charge in [-0.15, -0.1) is 0 Å². The van der Waals surface area contributed by atoms with Gasteiger partial charge >= 0.3 is 0 Å². The van der Waals surface area contributed by atoms with Gasteiger partial charge in [-0.05, 0) is 31.4 Å². The molecule has 1 aliphatic rings. The standard InChI is InChI=1S/C14H20N2O3/c1-18-9-4-2-5-10(8-9)19-13-11(14(16)17)6-3-7-12(13)15/h3,6-7,9-10H,2,4-5,8,15H2,1H3,(H2,16,17). The number of primary amides is 1. The number of benzene rings is 1. The maximum atomic E-state index is 11.4. The molecule has 1 aromatic carbocycles. The molecule has 1 aromatic rings. The highest BCUT2D eigenvalue weighted by Gasteiger charge is 2.25. The minimum absolute atomic E-state index is 0.0153. The molecule has 0 aliphatic heterocycles. The van der Waals surface area contributed by atoms with Crippen molar-refractivity contribution in [3.63, 3.8) is 0 Å². The summed E-state index contributed by atoms with van der Waals surface area (Å²) < 4.78 is 11.3. The van der Waals surface area contributed by atoms with Crippen LogP contribution in [0.25, 0.3) is 0 Å². The van der Waals surface area contributed by atoms with Crippen LogP contribution >= 0.6 is 0 Å². The first-order valence-corrected chi connectivity index (χ1v) is 6.49. The van der Waals surface area contributed by atoms with Crippen LogP contribution in [0, 0.1) is 0 Å². The normalized spacial score (nSPS) is 23.0. The molecule has 2 atom stereocenters. The lowest BCUT2D eigenvalue weighted by Gasteiger charge is -2.29. The molecule has 5 nitrogen and oxygen atoms in total. The quantitative estimate of drug-likeness (QED) is 0.810. The fourth-order valence-electron chi connectivity index (χ4n) is 2.47. The van der Waals surface area contributed by atoms with E-state index in [0.717, 1.165) is 25.7 Å². The smallest absolute Gasteiger partial charge is 0.252 e. The number of carbonyl (C=O) groups excluding carboxylic acids is 1. The summed E-state index contributed by atoms with van der Waals surface area (Å²) in [7, 11) is 1.71. The summed E-state index contributed by atoms with van der Waals surface area (Å²) in [5, 5.41) is 0. The van der Waals surface area contributed by atoms with E-state index in [1.807, 2.05) is 0 Å². The van der Waals surface area contributed by atoms with Gasteiger partial charge in [0.25, 0.3) is 5.91 Å². The van der Waals surface area contributed by atoms with E-state index in [9.17, 15) is 4.79 Å². The molecular formula is C14H20N2O3. The lowest BCUT2D eigenvalue weighted by molar-refractivity contribution is 0.0210. The van der Waals surface area contributed by atoms with E-state index in [1.54, 1.807) is 25.3 Å². The molecule has 104 valence electrons. The monoisotopic (exact) mass is 264 g/mol. The van der Waals surface area contributed by atoms with Crippen LogP contribution in [0.5, 0.6) is 5.75 Å². The number of carbonyl (C=O) groups is 1. The molecule has 0 saturated heterocycles. The van der Waals surface area contributed by atoms with Crippen molar-refractivity contribution in [1.82, 2.24) is 0 Å². The highest BCUT2D eigenvalue weighted by molar-refractivity contribution is 5.97. The minimum atomic E-state index is -0.526. The van der Waals surface area contributed by atoms with Crippen LogP contribution < -0.4 is 16.2 Å². The number of para-hydroxylation sites is 1. The average molecular weight is 264 g/mol. The third kappa shape index (κ3) is 3.17. The van der Waals surface area contributed by atoms with Gasteiger partial charge in [0.05, 0.1) is 17.4 Å². The summed E-state index contributed by atoms with van der Waals surface area (Å²) in [4.78, 5) is 11.4. The maximum absolute atomic E-state index is 11.4. The summed E-state index contributed by atoms with van der Waals surface area (Å²) in [5.74, 6) is -0.127. The van der Waals surface area contributed by atoms with Gasteiger partial charge in [0.1, 0.15) is 6.10 Å². The molecule has 1 fully saturated rings. The first-order valence-electron chi connectivity index (χ1n) is 6.49. The largest absolute Gasteiger partial charge is 0.487 e. The van der Waals surface area contributed by atoms with Gasteiger partial charge < -0.3 is 20.9 Å². The molecule has 0 bridgehead atoms. The van der Waals surface area contributed by atoms with Crippen molar-refractivity contribution in [2.24, 2.45) is 5.73 Å². The van der Waals surface area contributed by atoms with Crippen LogP contribution in [0.2, 0.25) is 0 Å². The first-order chi connectivity index (χ1) is 9.11. The van der Waals surface area contributed by atoms with Crippen molar-refractivity contribution in [2.45, 2.75) is 37.9 Å². The number of methoxy groups -OCH3 is 1. The van der Waals surface area contributed by atoms with Crippen molar-refractivity contribution in [1.29, 1.82) is 0 Å². The van der Waals surface area contributed by atoms with E-state index in [1.165, 1.54) is 0 Å². The van der Waals surface area contributed by atoms with Crippen molar-refractivity contribution >= 4 is 11.6 Å². The lowest BCUT2D eigenvalue weighted by atomic mass is 9.94. The van der Waals surface area contributed by atoms with Crippen LogP contribution in [0.4, 0.5) is 5.69 Å². The lowest BCUT2D eigenvalue weighted by Crippen LogP contribution is -2.30. The van der Waals surface area contributed by atoms with E-state index < -0.39 is 5.91 Å². The molecule has 0 aromatic heterocycles. The Labute approximate surface area is 112 Å². The Morgan fingerprint density at radius 3 is 2.74 bits per heavy atom. The number of ether oxygens (including phenoxy) is 2. The Balaban J connectivity index is 2.16. The second kappa shape index (κ2) is 5.93. The summed E-state index contributed by atoms with van der Waals surface area (Å²) in [6.07, 6.45) is 4.06. The summed E-state index contributed by atoms with van der Waals surface area (Å²) in [6, 6.07) is 5.03. The minimum Gasteiger partial charge on any atom is -0.487 e. The van der Waals surface area contributed by atoms with E-state index in [4.69, 9.17) is 20.9 Å². The fourth-order valence-corrected chi connectivity index (χ4v) is 2.47. The van der Waals surface area contributed by atoms with Crippen LogP contribution in [-0.4, -0.2) is 25.2 Å². The van der Waals surface area contributed by atoms with Crippen molar-refractivity contribution in [3.05, 3.63) is 23.8 Å². The predicted molar refractivity (Wildman–Crippen MR) is 73.1 cm³/mol. The van der Waals surface area contributed by atoms with Crippen molar-refractivity contribution in [2.75, 3.05) is 12.8 Å². The molecule has 2 unspecified atom stereocenters. The van der Waals surface area contributed by atoms with Gasteiger partial charge in [-0.25, -0.2) is 0 Å². The predicted octanol–water partition coefficient (Wildman–Crippen LogP) is 1.70. The second-order valence-electron chi connectivity index (χ2n) is 4.85. The maximum Gasteiger partial charge on any atom is 0.252 e. The molecule has 0 heterocycles. The molecule has 1 aliphatic carbocycles. The Bertz CT molecular complexity index is 462. The molecule has 4 N–H and O–H groups in total. The van der Waals surface area contributed by atoms with Crippen molar-refractivity contribution in [3.8, 4) is 5.75 Å².